The summed E-state index contributed by atoms with van der Waals surface area (Å²) in [5.74, 6) is -0.897. The van der Waals surface area contributed by atoms with Crippen LogP contribution in [0.4, 0.5) is 11.4 Å². The molecular weight excluding hydrogens is 354 g/mol. The number of imide groups is 1. The third kappa shape index (κ3) is 2.91. The summed E-state index contributed by atoms with van der Waals surface area (Å²) in [7, 11) is 0. The van der Waals surface area contributed by atoms with E-state index < -0.39 is 0 Å². The molecule has 4 rings (SSSR count). The van der Waals surface area contributed by atoms with Crippen molar-refractivity contribution in [2.75, 3.05) is 29.9 Å². The number of carbonyl (C=O) groups excluding carboxylic acids is 3. The molecule has 1 saturated heterocycles. The van der Waals surface area contributed by atoms with Gasteiger partial charge in [-0.05, 0) is 62.8 Å². The van der Waals surface area contributed by atoms with Gasteiger partial charge in [0.25, 0.3) is 0 Å². The van der Waals surface area contributed by atoms with Crippen molar-refractivity contribution in [3.05, 3.63) is 35.9 Å². The van der Waals surface area contributed by atoms with Gasteiger partial charge in [0.2, 0.25) is 17.7 Å². The molecule has 1 aromatic rings. The average molecular weight is 381 g/mol. The summed E-state index contributed by atoms with van der Waals surface area (Å²) in [5.41, 5.74) is 2.78. The van der Waals surface area contributed by atoms with Crippen molar-refractivity contribution < 1.29 is 14.4 Å². The first-order valence-electron chi connectivity index (χ1n) is 10.1. The van der Waals surface area contributed by atoms with E-state index in [1.54, 1.807) is 0 Å². The van der Waals surface area contributed by atoms with Crippen LogP contribution in [0.3, 0.4) is 0 Å². The highest BCUT2D eigenvalue weighted by molar-refractivity contribution is 6.09. The number of likely N-dealkylation sites (tertiary alicyclic amines) is 1. The molecule has 0 radical (unpaired) electrons. The van der Waals surface area contributed by atoms with Crippen LogP contribution in [0.1, 0.15) is 25.8 Å². The minimum Gasteiger partial charge on any atom is -0.372 e. The van der Waals surface area contributed by atoms with E-state index in [1.807, 2.05) is 25.1 Å². The summed E-state index contributed by atoms with van der Waals surface area (Å²) < 4.78 is 0. The number of allylic oxidation sites excluding steroid dienone is 2. The van der Waals surface area contributed by atoms with E-state index in [1.165, 1.54) is 0 Å². The van der Waals surface area contributed by atoms with E-state index in [9.17, 15) is 14.4 Å². The molecule has 28 heavy (non-hydrogen) atoms. The minimum atomic E-state index is -0.333. The van der Waals surface area contributed by atoms with Gasteiger partial charge in [0.05, 0.1) is 11.8 Å². The van der Waals surface area contributed by atoms with Crippen LogP contribution in [-0.4, -0.2) is 42.3 Å². The molecule has 1 aromatic carbocycles. The van der Waals surface area contributed by atoms with Gasteiger partial charge in [-0.2, -0.15) is 0 Å². The number of rotatable bonds is 6. The minimum absolute atomic E-state index is 0.161. The lowest BCUT2D eigenvalue weighted by atomic mass is 9.85. The first-order valence-corrected chi connectivity index (χ1v) is 10.1. The normalized spacial score (nSPS) is 27.5. The molecule has 0 aromatic heterocycles. The van der Waals surface area contributed by atoms with Crippen molar-refractivity contribution in [1.82, 2.24) is 4.90 Å². The van der Waals surface area contributed by atoms with Crippen LogP contribution in [0.25, 0.3) is 0 Å². The fraction of sp³-hybridized carbons (Fsp3) is 0.500. The van der Waals surface area contributed by atoms with Crippen LogP contribution in [0.5, 0.6) is 0 Å². The zero-order valence-corrected chi connectivity index (χ0v) is 16.6. The Morgan fingerprint density at radius 2 is 1.71 bits per heavy atom. The Balaban J connectivity index is 1.43. The maximum absolute atomic E-state index is 12.7. The molecule has 6 nitrogen and oxygen atoms in total. The Morgan fingerprint density at radius 3 is 2.25 bits per heavy atom. The molecule has 2 fully saturated rings. The molecule has 6 heteroatoms. The van der Waals surface area contributed by atoms with Gasteiger partial charge in [0, 0.05) is 24.5 Å². The van der Waals surface area contributed by atoms with Gasteiger partial charge in [0.15, 0.2) is 0 Å². The Morgan fingerprint density at radius 1 is 1.11 bits per heavy atom. The number of hydrogen-bond donors (Lipinski definition) is 1. The fourth-order valence-electron chi connectivity index (χ4n) is 5.03. The van der Waals surface area contributed by atoms with E-state index in [4.69, 9.17) is 0 Å². The first-order chi connectivity index (χ1) is 13.4. The summed E-state index contributed by atoms with van der Waals surface area (Å²) >= 11 is 0. The topological polar surface area (TPSA) is 69.7 Å². The van der Waals surface area contributed by atoms with Gasteiger partial charge in [-0.1, -0.05) is 12.2 Å². The lowest BCUT2D eigenvalue weighted by Gasteiger charge is -2.22. The van der Waals surface area contributed by atoms with Crippen molar-refractivity contribution >= 4 is 29.1 Å². The number of nitrogens with one attached hydrogen (secondary N) is 1. The Kier molecular flexibility index (Phi) is 4.73. The number of fused-ring (bicyclic) bond motifs is 5. The predicted octanol–water partition coefficient (Wildman–Crippen LogP) is 2.59. The number of carbonyl (C=O) groups is 3. The highest BCUT2D eigenvalue weighted by atomic mass is 16.2. The van der Waals surface area contributed by atoms with E-state index >= 15 is 0 Å². The molecule has 4 atom stereocenters. The van der Waals surface area contributed by atoms with Gasteiger partial charge in [-0.3, -0.25) is 19.3 Å². The third-order valence-electron chi connectivity index (χ3n) is 6.48. The highest BCUT2D eigenvalue weighted by Gasteiger charge is 2.59. The van der Waals surface area contributed by atoms with Crippen LogP contribution < -0.4 is 10.2 Å². The predicted molar refractivity (Wildman–Crippen MR) is 108 cm³/mol. The van der Waals surface area contributed by atoms with Gasteiger partial charge in [-0.25, -0.2) is 0 Å². The molecule has 1 saturated carbocycles. The van der Waals surface area contributed by atoms with E-state index in [2.05, 4.69) is 36.2 Å². The molecule has 3 amide bonds. The average Bonchev–Trinajstić information content (AvgIpc) is 3.35. The summed E-state index contributed by atoms with van der Waals surface area (Å²) in [5, 5.41) is 2.86. The second-order valence-corrected chi connectivity index (χ2v) is 7.98. The fourth-order valence-corrected chi connectivity index (χ4v) is 5.03. The molecule has 2 bridgehead atoms. The number of benzene rings is 1. The lowest BCUT2D eigenvalue weighted by Crippen LogP contribution is -2.39. The number of nitrogens with zero attached hydrogens (tertiary/aromatic N) is 2. The Bertz CT molecular complexity index is 829. The number of aryl methyl sites for hydroxylation is 1. The van der Waals surface area contributed by atoms with Crippen molar-refractivity contribution in [2.24, 2.45) is 23.7 Å². The second kappa shape index (κ2) is 7.08. The Labute approximate surface area is 165 Å². The molecule has 1 N–H and O–H groups in total. The van der Waals surface area contributed by atoms with Crippen LogP contribution in [0.15, 0.2) is 30.4 Å². The van der Waals surface area contributed by atoms with E-state index in [0.717, 1.165) is 35.7 Å². The standard InChI is InChI=1S/C22H27N3O3/c1-4-24(5-2)16-8-9-17(13(3)10-16)23-18(26)12-25-21(27)19-14-6-7-15(11-14)20(19)22(25)28/h6-10,14-15,19-20H,4-5,11-12H2,1-3H3,(H,23,26)/t14-,15-,19-,20-/m0/s1. The quantitative estimate of drug-likeness (QED) is 0.607. The molecule has 1 heterocycles. The molecule has 0 unspecified atom stereocenters. The van der Waals surface area contributed by atoms with Crippen molar-refractivity contribution in [1.29, 1.82) is 0 Å². The zero-order valence-electron chi connectivity index (χ0n) is 16.6. The number of hydrogen-bond acceptors (Lipinski definition) is 4. The van der Waals surface area contributed by atoms with Gasteiger partial charge < -0.3 is 10.2 Å². The summed E-state index contributed by atoms with van der Waals surface area (Å²) in [6.07, 6.45) is 5.01. The molecule has 0 spiro atoms. The van der Waals surface area contributed by atoms with Crippen molar-refractivity contribution in [3.8, 4) is 0 Å². The van der Waals surface area contributed by atoms with Crippen LogP contribution in [0, 0.1) is 30.6 Å². The van der Waals surface area contributed by atoms with Crippen molar-refractivity contribution in [3.63, 3.8) is 0 Å². The maximum atomic E-state index is 12.7. The van der Waals surface area contributed by atoms with Crippen LogP contribution >= 0.6 is 0 Å². The highest BCUT2D eigenvalue weighted by Crippen LogP contribution is 2.52. The smallest absolute Gasteiger partial charge is 0.244 e. The summed E-state index contributed by atoms with van der Waals surface area (Å²) in [6, 6.07) is 5.91. The van der Waals surface area contributed by atoms with Crippen molar-refractivity contribution in [2.45, 2.75) is 27.2 Å². The summed E-state index contributed by atoms with van der Waals surface area (Å²) in [6.45, 7) is 7.79. The van der Waals surface area contributed by atoms with Crippen LogP contribution in [-0.2, 0) is 14.4 Å². The maximum Gasteiger partial charge on any atom is 0.244 e. The molecule has 2 aliphatic carbocycles. The zero-order chi connectivity index (χ0) is 20.0. The first kappa shape index (κ1) is 18.7. The van der Waals surface area contributed by atoms with E-state index in [0.29, 0.717) is 5.69 Å². The van der Waals surface area contributed by atoms with Gasteiger partial charge >= 0.3 is 0 Å². The van der Waals surface area contributed by atoms with E-state index in [-0.39, 0.29) is 47.9 Å². The lowest BCUT2D eigenvalue weighted by molar-refractivity contribution is -0.143. The number of amides is 3. The largest absolute Gasteiger partial charge is 0.372 e. The monoisotopic (exact) mass is 381 g/mol. The summed E-state index contributed by atoms with van der Waals surface area (Å²) in [4.78, 5) is 41.4. The second-order valence-electron chi connectivity index (χ2n) is 7.98. The van der Waals surface area contributed by atoms with Crippen LogP contribution in [0.2, 0.25) is 0 Å². The molecular formula is C22H27N3O3. The molecule has 148 valence electrons. The molecule has 1 aliphatic heterocycles. The SMILES string of the molecule is CCN(CC)c1ccc(NC(=O)CN2C(=O)[C@@H]3[C@@H](C2=O)[C@H]2C=C[C@H]3C2)c(C)c1. The van der Waals surface area contributed by atoms with Gasteiger partial charge in [0.1, 0.15) is 6.54 Å². The van der Waals surface area contributed by atoms with Gasteiger partial charge in [-0.15, -0.1) is 0 Å². The third-order valence-corrected chi connectivity index (χ3v) is 6.48. The number of anilines is 2. The Hall–Kier alpha value is -2.63. The molecule has 3 aliphatic rings.